The molecule has 3 nitrogen and oxygen atoms in total. The van der Waals surface area contributed by atoms with Crippen molar-refractivity contribution in [2.45, 2.75) is 19.5 Å². The molecule has 0 saturated carbocycles. The van der Waals surface area contributed by atoms with Crippen molar-refractivity contribution < 1.29 is 0 Å². The third-order valence-corrected chi connectivity index (χ3v) is 4.03. The molecule has 0 fully saturated rings. The van der Waals surface area contributed by atoms with Crippen LogP contribution in [0.1, 0.15) is 24.4 Å². The van der Waals surface area contributed by atoms with Gasteiger partial charge in [0.2, 0.25) is 0 Å². The van der Waals surface area contributed by atoms with Crippen LogP contribution in [-0.4, -0.2) is 21.9 Å². The SMILES string of the molecule is CC(c1nc2ccc(Cl)cc2[nH]1)N(C)Cc1ccccc1. The number of H-pyrrole nitrogens is 1. The Morgan fingerprint density at radius 1 is 1.19 bits per heavy atom. The van der Waals surface area contributed by atoms with Gasteiger partial charge in [0.1, 0.15) is 5.82 Å². The highest BCUT2D eigenvalue weighted by atomic mass is 35.5. The highest BCUT2D eigenvalue weighted by Crippen LogP contribution is 2.23. The molecule has 0 amide bonds. The number of halogens is 1. The maximum absolute atomic E-state index is 6.02. The minimum Gasteiger partial charge on any atom is -0.341 e. The highest BCUT2D eigenvalue weighted by Gasteiger charge is 2.16. The summed E-state index contributed by atoms with van der Waals surface area (Å²) in [4.78, 5) is 10.3. The molecule has 21 heavy (non-hydrogen) atoms. The molecule has 1 N–H and O–H groups in total. The first kappa shape index (κ1) is 14.1. The number of hydrogen-bond donors (Lipinski definition) is 1. The van der Waals surface area contributed by atoms with Gasteiger partial charge in [0.05, 0.1) is 17.1 Å². The lowest BCUT2D eigenvalue weighted by atomic mass is 10.2. The van der Waals surface area contributed by atoms with Crippen LogP contribution in [0.4, 0.5) is 0 Å². The average molecular weight is 300 g/mol. The van der Waals surface area contributed by atoms with Gasteiger partial charge in [0, 0.05) is 11.6 Å². The number of benzene rings is 2. The predicted molar refractivity (Wildman–Crippen MR) is 87.4 cm³/mol. The van der Waals surface area contributed by atoms with Crippen molar-refractivity contribution in [2.24, 2.45) is 0 Å². The summed E-state index contributed by atoms with van der Waals surface area (Å²) < 4.78 is 0. The van der Waals surface area contributed by atoms with Gasteiger partial charge in [0.15, 0.2) is 0 Å². The minimum atomic E-state index is 0.205. The number of aromatic amines is 1. The Morgan fingerprint density at radius 2 is 1.95 bits per heavy atom. The largest absolute Gasteiger partial charge is 0.341 e. The van der Waals surface area contributed by atoms with E-state index in [0.29, 0.717) is 0 Å². The van der Waals surface area contributed by atoms with Crippen LogP contribution in [0, 0.1) is 0 Å². The number of rotatable bonds is 4. The molecule has 1 heterocycles. The normalized spacial score (nSPS) is 13.0. The van der Waals surface area contributed by atoms with E-state index >= 15 is 0 Å². The number of aromatic nitrogens is 2. The minimum absolute atomic E-state index is 0.205. The van der Waals surface area contributed by atoms with Gasteiger partial charge in [-0.15, -0.1) is 0 Å². The summed E-state index contributed by atoms with van der Waals surface area (Å²) in [5, 5.41) is 0.725. The van der Waals surface area contributed by atoms with E-state index in [4.69, 9.17) is 11.6 Å². The Hall–Kier alpha value is -1.84. The number of fused-ring (bicyclic) bond motifs is 1. The fourth-order valence-corrected chi connectivity index (χ4v) is 2.59. The number of hydrogen-bond acceptors (Lipinski definition) is 2. The lowest BCUT2D eigenvalue weighted by Crippen LogP contribution is -2.22. The monoisotopic (exact) mass is 299 g/mol. The molecule has 0 aliphatic carbocycles. The van der Waals surface area contributed by atoms with Gasteiger partial charge >= 0.3 is 0 Å². The summed E-state index contributed by atoms with van der Waals surface area (Å²) >= 11 is 6.02. The van der Waals surface area contributed by atoms with E-state index < -0.39 is 0 Å². The summed E-state index contributed by atoms with van der Waals surface area (Å²) in [5.74, 6) is 0.964. The van der Waals surface area contributed by atoms with Gasteiger partial charge in [-0.1, -0.05) is 41.9 Å². The van der Waals surface area contributed by atoms with Gasteiger partial charge in [-0.2, -0.15) is 0 Å². The topological polar surface area (TPSA) is 31.9 Å². The van der Waals surface area contributed by atoms with Gasteiger partial charge in [-0.3, -0.25) is 4.90 Å². The molecule has 0 aliphatic heterocycles. The van der Waals surface area contributed by atoms with E-state index in [9.17, 15) is 0 Å². The average Bonchev–Trinajstić information content (AvgIpc) is 2.90. The predicted octanol–water partition coefficient (Wildman–Crippen LogP) is 4.41. The molecular weight excluding hydrogens is 282 g/mol. The van der Waals surface area contributed by atoms with Crippen molar-refractivity contribution in [3.8, 4) is 0 Å². The number of imidazole rings is 1. The van der Waals surface area contributed by atoms with Crippen LogP contribution in [0.15, 0.2) is 48.5 Å². The van der Waals surface area contributed by atoms with E-state index in [-0.39, 0.29) is 6.04 Å². The Labute approximate surface area is 129 Å². The van der Waals surface area contributed by atoms with Crippen LogP contribution in [0.5, 0.6) is 0 Å². The quantitative estimate of drug-likeness (QED) is 0.774. The van der Waals surface area contributed by atoms with Crippen LogP contribution >= 0.6 is 11.6 Å². The van der Waals surface area contributed by atoms with Crippen molar-refractivity contribution in [3.63, 3.8) is 0 Å². The fraction of sp³-hybridized carbons (Fsp3) is 0.235. The van der Waals surface area contributed by atoms with Crippen LogP contribution in [-0.2, 0) is 6.54 Å². The van der Waals surface area contributed by atoms with Gasteiger partial charge < -0.3 is 4.98 Å². The molecule has 4 heteroatoms. The number of nitrogens with zero attached hydrogens (tertiary/aromatic N) is 2. The molecule has 108 valence electrons. The third kappa shape index (κ3) is 3.09. The molecule has 3 aromatic rings. The molecule has 0 bridgehead atoms. The van der Waals surface area contributed by atoms with Crippen molar-refractivity contribution in [1.82, 2.24) is 14.9 Å². The summed E-state index contributed by atoms with van der Waals surface area (Å²) in [6.45, 7) is 3.04. The van der Waals surface area contributed by atoms with Gasteiger partial charge in [-0.25, -0.2) is 4.98 Å². The fourth-order valence-electron chi connectivity index (χ4n) is 2.42. The molecule has 1 unspecified atom stereocenters. The van der Waals surface area contributed by atoms with Gasteiger partial charge in [0.25, 0.3) is 0 Å². The van der Waals surface area contributed by atoms with Crippen LogP contribution in [0.25, 0.3) is 11.0 Å². The zero-order valence-electron chi connectivity index (χ0n) is 12.2. The zero-order valence-corrected chi connectivity index (χ0v) is 12.9. The summed E-state index contributed by atoms with van der Waals surface area (Å²) in [6.07, 6.45) is 0. The van der Waals surface area contributed by atoms with Crippen LogP contribution in [0.3, 0.4) is 0 Å². The van der Waals surface area contributed by atoms with E-state index in [2.05, 4.69) is 53.1 Å². The lowest BCUT2D eigenvalue weighted by molar-refractivity contribution is 0.245. The zero-order chi connectivity index (χ0) is 14.8. The third-order valence-electron chi connectivity index (χ3n) is 3.79. The van der Waals surface area contributed by atoms with Crippen molar-refractivity contribution >= 4 is 22.6 Å². The summed E-state index contributed by atoms with van der Waals surface area (Å²) in [6, 6.07) is 16.4. The van der Waals surface area contributed by atoms with Crippen molar-refractivity contribution in [3.05, 3.63) is 64.9 Å². The molecule has 0 radical (unpaired) electrons. The molecular formula is C17H18ClN3. The van der Waals surface area contributed by atoms with E-state index in [0.717, 1.165) is 28.4 Å². The Kier molecular flexibility index (Phi) is 3.95. The first-order valence-electron chi connectivity index (χ1n) is 7.03. The van der Waals surface area contributed by atoms with E-state index in [1.54, 1.807) is 0 Å². The Bertz CT molecular complexity index is 736. The molecule has 0 spiro atoms. The molecule has 0 aliphatic rings. The standard InChI is InChI=1S/C17H18ClN3/c1-12(21(2)11-13-6-4-3-5-7-13)17-19-15-9-8-14(18)10-16(15)20-17/h3-10,12H,11H2,1-2H3,(H,19,20). The molecule has 2 aromatic carbocycles. The first-order chi connectivity index (χ1) is 10.1. The maximum Gasteiger partial charge on any atom is 0.124 e. The maximum atomic E-state index is 6.02. The van der Waals surface area contributed by atoms with Crippen LogP contribution < -0.4 is 0 Å². The molecule has 1 atom stereocenters. The van der Waals surface area contributed by atoms with Crippen molar-refractivity contribution in [1.29, 1.82) is 0 Å². The van der Waals surface area contributed by atoms with Crippen LogP contribution in [0.2, 0.25) is 5.02 Å². The second kappa shape index (κ2) is 5.88. The summed E-state index contributed by atoms with van der Waals surface area (Å²) in [7, 11) is 2.11. The Balaban J connectivity index is 1.80. The van der Waals surface area contributed by atoms with E-state index in [1.807, 2.05) is 24.3 Å². The second-order valence-corrected chi connectivity index (χ2v) is 5.80. The molecule has 0 saturated heterocycles. The summed E-state index contributed by atoms with van der Waals surface area (Å²) in [5.41, 5.74) is 3.23. The Morgan fingerprint density at radius 3 is 2.71 bits per heavy atom. The first-order valence-corrected chi connectivity index (χ1v) is 7.40. The van der Waals surface area contributed by atoms with E-state index in [1.165, 1.54) is 5.56 Å². The molecule has 3 rings (SSSR count). The molecule has 1 aromatic heterocycles. The van der Waals surface area contributed by atoms with Crippen molar-refractivity contribution in [2.75, 3.05) is 7.05 Å². The highest BCUT2D eigenvalue weighted by molar-refractivity contribution is 6.31. The smallest absolute Gasteiger partial charge is 0.124 e. The van der Waals surface area contributed by atoms with Gasteiger partial charge in [-0.05, 0) is 37.7 Å². The number of nitrogens with one attached hydrogen (secondary N) is 1. The second-order valence-electron chi connectivity index (χ2n) is 5.36. The lowest BCUT2D eigenvalue weighted by Gasteiger charge is -2.23.